The molecule has 1 aromatic carbocycles. The van der Waals surface area contributed by atoms with Crippen LogP contribution in [0.5, 0.6) is 0 Å². The average molecular weight is 369 g/mol. The van der Waals surface area contributed by atoms with E-state index in [9.17, 15) is 4.39 Å². The van der Waals surface area contributed by atoms with Crippen molar-refractivity contribution in [1.82, 2.24) is 24.8 Å². The van der Waals surface area contributed by atoms with Crippen molar-refractivity contribution in [2.24, 2.45) is 13.0 Å². The van der Waals surface area contributed by atoms with E-state index in [0.717, 1.165) is 43.9 Å². The van der Waals surface area contributed by atoms with Gasteiger partial charge >= 0.3 is 0 Å². The number of hydrogen-bond acceptors (Lipinski definition) is 5. The Hall–Kier alpha value is -2.54. The van der Waals surface area contributed by atoms with Gasteiger partial charge in [-0.1, -0.05) is 5.16 Å². The van der Waals surface area contributed by atoms with Crippen molar-refractivity contribution in [3.8, 4) is 11.5 Å². The average Bonchev–Trinajstić information content (AvgIpc) is 3.31. The number of nitrogens with zero attached hydrogens (tertiary/aromatic N) is 5. The Balaban J connectivity index is 1.24. The molecule has 1 saturated heterocycles. The van der Waals surface area contributed by atoms with Crippen molar-refractivity contribution in [1.29, 1.82) is 0 Å². The number of halogens is 1. The maximum atomic E-state index is 13.0. The summed E-state index contributed by atoms with van der Waals surface area (Å²) in [6.45, 7) is 3.21. The van der Waals surface area contributed by atoms with Crippen LogP contribution in [0.2, 0.25) is 0 Å². The lowest BCUT2D eigenvalue weighted by Gasteiger charge is -2.31. The number of hydrogen-bond donors (Lipinski definition) is 0. The zero-order valence-corrected chi connectivity index (χ0v) is 15.5. The summed E-state index contributed by atoms with van der Waals surface area (Å²) in [7, 11) is 1.95. The van der Waals surface area contributed by atoms with Crippen LogP contribution in [0.25, 0.3) is 11.5 Å². The number of likely N-dealkylation sites (tertiary alicyclic amines) is 1. The highest BCUT2D eigenvalue weighted by atomic mass is 19.1. The van der Waals surface area contributed by atoms with Gasteiger partial charge in [0.1, 0.15) is 5.82 Å². The molecule has 2 aromatic heterocycles. The molecule has 7 heteroatoms. The summed E-state index contributed by atoms with van der Waals surface area (Å²) in [5.74, 6) is 1.61. The smallest absolute Gasteiger partial charge is 0.257 e. The van der Waals surface area contributed by atoms with Gasteiger partial charge in [-0.15, -0.1) is 0 Å². The Morgan fingerprint density at radius 1 is 1.19 bits per heavy atom. The molecule has 0 N–H and O–H groups in total. The maximum Gasteiger partial charge on any atom is 0.257 e. The largest absolute Gasteiger partial charge is 0.334 e. The van der Waals surface area contributed by atoms with Gasteiger partial charge in [0.2, 0.25) is 0 Å². The number of rotatable bonds is 6. The van der Waals surface area contributed by atoms with Gasteiger partial charge in [-0.2, -0.15) is 10.1 Å². The first kappa shape index (κ1) is 17.9. The van der Waals surface area contributed by atoms with Crippen LogP contribution in [0, 0.1) is 11.7 Å². The molecular formula is C20H24FN5O. The van der Waals surface area contributed by atoms with E-state index in [1.54, 1.807) is 12.1 Å². The lowest BCUT2D eigenvalue weighted by molar-refractivity contribution is 0.172. The third-order valence-corrected chi connectivity index (χ3v) is 5.21. The predicted octanol–water partition coefficient (Wildman–Crippen LogP) is 3.45. The Labute approximate surface area is 158 Å². The first-order chi connectivity index (χ1) is 13.2. The van der Waals surface area contributed by atoms with E-state index in [0.29, 0.717) is 11.8 Å². The van der Waals surface area contributed by atoms with Crippen molar-refractivity contribution < 1.29 is 8.91 Å². The van der Waals surface area contributed by atoms with E-state index in [2.05, 4.69) is 26.3 Å². The predicted molar refractivity (Wildman–Crippen MR) is 99.2 cm³/mol. The zero-order chi connectivity index (χ0) is 18.6. The molecule has 0 saturated carbocycles. The van der Waals surface area contributed by atoms with Gasteiger partial charge in [0.25, 0.3) is 5.89 Å². The third kappa shape index (κ3) is 4.60. The van der Waals surface area contributed by atoms with Crippen molar-refractivity contribution >= 4 is 0 Å². The Kier molecular flexibility index (Phi) is 5.29. The van der Waals surface area contributed by atoms with Crippen LogP contribution in [0.3, 0.4) is 0 Å². The number of aromatic nitrogens is 4. The van der Waals surface area contributed by atoms with E-state index < -0.39 is 0 Å². The minimum Gasteiger partial charge on any atom is -0.334 e. The SMILES string of the molecule is Cn1cc(CN2CCC(CCc3noc(-c4ccc(F)cc4)n3)CC2)cn1. The van der Waals surface area contributed by atoms with Gasteiger partial charge in [-0.3, -0.25) is 9.58 Å². The quantitative estimate of drug-likeness (QED) is 0.666. The standard InChI is InChI=1S/C20H24FN5O/c1-25-13-16(12-22-25)14-26-10-8-15(9-11-26)2-7-19-23-20(27-24-19)17-3-5-18(21)6-4-17/h3-6,12-13,15H,2,7-11,14H2,1H3. The van der Waals surface area contributed by atoms with Crippen LogP contribution >= 0.6 is 0 Å². The summed E-state index contributed by atoms with van der Waals surface area (Å²) in [5.41, 5.74) is 2.02. The van der Waals surface area contributed by atoms with Gasteiger partial charge in [-0.25, -0.2) is 4.39 Å². The maximum absolute atomic E-state index is 13.0. The first-order valence-corrected chi connectivity index (χ1v) is 9.44. The second-order valence-electron chi connectivity index (χ2n) is 7.30. The summed E-state index contributed by atoms with van der Waals surface area (Å²) < 4.78 is 20.2. The molecule has 3 aromatic rings. The number of benzene rings is 1. The molecule has 1 fully saturated rings. The highest BCUT2D eigenvalue weighted by Crippen LogP contribution is 2.24. The van der Waals surface area contributed by atoms with Gasteiger partial charge < -0.3 is 4.52 Å². The Morgan fingerprint density at radius 3 is 2.67 bits per heavy atom. The molecule has 0 radical (unpaired) electrons. The molecule has 142 valence electrons. The second kappa shape index (κ2) is 8.00. The van der Waals surface area contributed by atoms with Crippen LogP contribution in [-0.4, -0.2) is 37.9 Å². The molecule has 0 bridgehead atoms. The normalized spacial score (nSPS) is 16.1. The highest BCUT2D eigenvalue weighted by molar-refractivity contribution is 5.52. The van der Waals surface area contributed by atoms with E-state index in [4.69, 9.17) is 4.52 Å². The number of aryl methyl sites for hydroxylation is 2. The van der Waals surface area contributed by atoms with Crippen LogP contribution in [-0.2, 0) is 20.0 Å². The lowest BCUT2D eigenvalue weighted by Crippen LogP contribution is -2.33. The third-order valence-electron chi connectivity index (χ3n) is 5.21. The van der Waals surface area contributed by atoms with Crippen LogP contribution in [0.15, 0.2) is 41.2 Å². The molecule has 6 nitrogen and oxygen atoms in total. The minimum absolute atomic E-state index is 0.270. The van der Waals surface area contributed by atoms with Crippen LogP contribution in [0.1, 0.15) is 30.7 Å². The van der Waals surface area contributed by atoms with Gasteiger partial charge in [0.15, 0.2) is 5.82 Å². The molecule has 0 spiro atoms. The molecule has 1 aliphatic heterocycles. The topological polar surface area (TPSA) is 60.0 Å². The summed E-state index contributed by atoms with van der Waals surface area (Å²) >= 11 is 0. The Bertz CT molecular complexity index is 865. The van der Waals surface area contributed by atoms with Crippen LogP contribution < -0.4 is 0 Å². The molecule has 4 rings (SSSR count). The van der Waals surface area contributed by atoms with E-state index in [1.807, 2.05) is 17.9 Å². The highest BCUT2D eigenvalue weighted by Gasteiger charge is 2.20. The summed E-state index contributed by atoms with van der Waals surface area (Å²) in [6, 6.07) is 6.12. The van der Waals surface area contributed by atoms with Crippen molar-refractivity contribution in [3.63, 3.8) is 0 Å². The summed E-state index contributed by atoms with van der Waals surface area (Å²) in [4.78, 5) is 6.94. The van der Waals surface area contributed by atoms with Crippen molar-refractivity contribution in [2.45, 2.75) is 32.2 Å². The molecule has 0 aliphatic carbocycles. The zero-order valence-electron chi connectivity index (χ0n) is 15.5. The van der Waals surface area contributed by atoms with E-state index in [1.165, 1.54) is 30.5 Å². The van der Waals surface area contributed by atoms with Crippen molar-refractivity contribution in [2.75, 3.05) is 13.1 Å². The van der Waals surface area contributed by atoms with E-state index >= 15 is 0 Å². The van der Waals surface area contributed by atoms with Gasteiger partial charge in [-0.05, 0) is 62.5 Å². The lowest BCUT2D eigenvalue weighted by atomic mass is 9.92. The molecule has 27 heavy (non-hydrogen) atoms. The Morgan fingerprint density at radius 2 is 1.96 bits per heavy atom. The monoisotopic (exact) mass is 369 g/mol. The fraction of sp³-hybridized carbons (Fsp3) is 0.450. The summed E-state index contributed by atoms with van der Waals surface area (Å²) in [5, 5.41) is 8.31. The van der Waals surface area contributed by atoms with Gasteiger partial charge in [0.05, 0.1) is 6.20 Å². The fourth-order valence-electron chi connectivity index (χ4n) is 3.64. The molecule has 0 atom stereocenters. The molecule has 0 unspecified atom stereocenters. The summed E-state index contributed by atoms with van der Waals surface area (Å²) in [6.07, 6.45) is 8.31. The van der Waals surface area contributed by atoms with E-state index in [-0.39, 0.29) is 5.82 Å². The minimum atomic E-state index is -0.270. The first-order valence-electron chi connectivity index (χ1n) is 9.44. The van der Waals surface area contributed by atoms with Gasteiger partial charge in [0, 0.05) is 37.3 Å². The fourth-order valence-corrected chi connectivity index (χ4v) is 3.64. The molecule has 1 aliphatic rings. The number of piperidine rings is 1. The van der Waals surface area contributed by atoms with Crippen molar-refractivity contribution in [3.05, 3.63) is 53.9 Å². The molecule has 3 heterocycles. The second-order valence-corrected chi connectivity index (χ2v) is 7.30. The van der Waals surface area contributed by atoms with Crippen LogP contribution in [0.4, 0.5) is 4.39 Å². The molecular weight excluding hydrogens is 345 g/mol. The molecule has 0 amide bonds.